The van der Waals surface area contributed by atoms with Crippen LogP contribution in [0.25, 0.3) is 0 Å². The van der Waals surface area contributed by atoms with E-state index in [1.165, 1.54) is 6.42 Å². The molecule has 6 nitrogen and oxygen atoms in total. The lowest BCUT2D eigenvalue weighted by atomic mass is 9.74. The lowest BCUT2D eigenvalue weighted by molar-refractivity contribution is -0.128. The van der Waals surface area contributed by atoms with Crippen molar-refractivity contribution in [3.8, 4) is 0 Å². The molecule has 2 aliphatic heterocycles. The Bertz CT molecular complexity index is 663. The van der Waals surface area contributed by atoms with Gasteiger partial charge < -0.3 is 19.9 Å². The van der Waals surface area contributed by atoms with Gasteiger partial charge in [-0.25, -0.2) is 4.79 Å². The number of nitrogens with one attached hydrogen (secondary N) is 1. The Morgan fingerprint density at radius 1 is 1.19 bits per heavy atom. The third-order valence-electron chi connectivity index (χ3n) is 5.87. The summed E-state index contributed by atoms with van der Waals surface area (Å²) >= 11 is 0. The van der Waals surface area contributed by atoms with Gasteiger partial charge in [0.25, 0.3) is 0 Å². The molecular formula is C21H31N3O3. The van der Waals surface area contributed by atoms with E-state index in [9.17, 15) is 9.59 Å². The third kappa shape index (κ3) is 5.01. The Kier molecular flexibility index (Phi) is 6.37. The van der Waals surface area contributed by atoms with Crippen LogP contribution in [0.3, 0.4) is 0 Å². The van der Waals surface area contributed by atoms with Gasteiger partial charge in [-0.15, -0.1) is 0 Å². The molecule has 2 fully saturated rings. The smallest absolute Gasteiger partial charge is 0.321 e. The maximum absolute atomic E-state index is 12.9. The van der Waals surface area contributed by atoms with Gasteiger partial charge in [0.1, 0.15) is 0 Å². The van der Waals surface area contributed by atoms with E-state index in [4.69, 9.17) is 4.74 Å². The standard InChI is InChI=1S/C21H31N3O3/c1-23(2)19(25)9-8-17-6-3-4-7-18(17)22-20(26)24-13-5-10-21(16-24)11-14-27-15-12-21/h3-4,6-7H,5,8-16H2,1-2H3,(H,22,26). The number of anilines is 1. The minimum atomic E-state index is -0.0352. The van der Waals surface area contributed by atoms with Crippen molar-refractivity contribution in [1.82, 2.24) is 9.80 Å². The number of ether oxygens (including phenoxy) is 1. The van der Waals surface area contributed by atoms with Crippen LogP contribution >= 0.6 is 0 Å². The molecule has 2 heterocycles. The number of benzene rings is 1. The molecule has 3 rings (SSSR count). The summed E-state index contributed by atoms with van der Waals surface area (Å²) in [6.45, 7) is 3.22. The second kappa shape index (κ2) is 8.74. The summed E-state index contributed by atoms with van der Waals surface area (Å²) in [5, 5.41) is 3.09. The predicted molar refractivity (Wildman–Crippen MR) is 106 cm³/mol. The average molecular weight is 373 g/mol. The number of amides is 3. The van der Waals surface area contributed by atoms with Crippen LogP contribution in [0.15, 0.2) is 24.3 Å². The Labute approximate surface area is 161 Å². The van der Waals surface area contributed by atoms with Crippen molar-refractivity contribution >= 4 is 17.6 Å². The number of aryl methyl sites for hydroxylation is 1. The number of hydrogen-bond donors (Lipinski definition) is 1. The van der Waals surface area contributed by atoms with Crippen molar-refractivity contribution in [2.24, 2.45) is 5.41 Å². The van der Waals surface area contributed by atoms with Crippen LogP contribution in [0.4, 0.5) is 10.5 Å². The summed E-state index contributed by atoms with van der Waals surface area (Å²) in [4.78, 5) is 28.3. The zero-order valence-electron chi connectivity index (χ0n) is 16.5. The molecular weight excluding hydrogens is 342 g/mol. The third-order valence-corrected chi connectivity index (χ3v) is 5.87. The average Bonchev–Trinajstić information content (AvgIpc) is 2.67. The van der Waals surface area contributed by atoms with Crippen molar-refractivity contribution in [3.63, 3.8) is 0 Å². The molecule has 0 aliphatic carbocycles. The highest BCUT2D eigenvalue weighted by atomic mass is 16.5. The molecule has 27 heavy (non-hydrogen) atoms. The number of carbonyl (C=O) groups is 2. The van der Waals surface area contributed by atoms with Gasteiger partial charge in [0.2, 0.25) is 5.91 Å². The highest BCUT2D eigenvalue weighted by Crippen LogP contribution is 2.39. The van der Waals surface area contributed by atoms with Gasteiger partial charge in [-0.2, -0.15) is 0 Å². The van der Waals surface area contributed by atoms with Crippen molar-refractivity contribution in [3.05, 3.63) is 29.8 Å². The first-order valence-corrected chi connectivity index (χ1v) is 9.91. The fraction of sp³-hybridized carbons (Fsp3) is 0.619. The topological polar surface area (TPSA) is 61.9 Å². The Hall–Kier alpha value is -2.08. The Morgan fingerprint density at radius 2 is 1.93 bits per heavy atom. The van der Waals surface area contributed by atoms with Crippen LogP contribution in [0.2, 0.25) is 0 Å². The molecule has 1 aromatic carbocycles. The van der Waals surface area contributed by atoms with Gasteiger partial charge in [0, 0.05) is 52.5 Å². The monoisotopic (exact) mass is 373 g/mol. The number of likely N-dealkylation sites (tertiary alicyclic amines) is 1. The Balaban J connectivity index is 1.63. The van der Waals surface area contributed by atoms with Crippen molar-refractivity contribution < 1.29 is 14.3 Å². The van der Waals surface area contributed by atoms with E-state index >= 15 is 0 Å². The quantitative estimate of drug-likeness (QED) is 0.882. The minimum absolute atomic E-state index is 0.0352. The van der Waals surface area contributed by atoms with E-state index in [0.717, 1.165) is 56.8 Å². The molecule has 1 N–H and O–H groups in total. The number of hydrogen-bond acceptors (Lipinski definition) is 3. The lowest BCUT2D eigenvalue weighted by Gasteiger charge is -2.45. The first-order valence-electron chi connectivity index (χ1n) is 9.91. The molecule has 2 saturated heterocycles. The number of carbonyl (C=O) groups excluding carboxylic acids is 2. The summed E-state index contributed by atoms with van der Waals surface area (Å²) in [5.41, 5.74) is 2.03. The molecule has 0 aromatic heterocycles. The van der Waals surface area contributed by atoms with Crippen LogP contribution in [0.5, 0.6) is 0 Å². The molecule has 0 bridgehead atoms. The van der Waals surface area contributed by atoms with E-state index in [1.807, 2.05) is 29.2 Å². The fourth-order valence-corrected chi connectivity index (χ4v) is 4.11. The highest BCUT2D eigenvalue weighted by Gasteiger charge is 2.38. The van der Waals surface area contributed by atoms with E-state index in [0.29, 0.717) is 12.8 Å². The molecule has 0 unspecified atom stereocenters. The van der Waals surface area contributed by atoms with Crippen LogP contribution < -0.4 is 5.32 Å². The van der Waals surface area contributed by atoms with Crippen LogP contribution in [-0.4, -0.2) is 62.1 Å². The lowest BCUT2D eigenvalue weighted by Crippen LogP contribution is -2.49. The summed E-state index contributed by atoms with van der Waals surface area (Å²) < 4.78 is 5.52. The number of urea groups is 1. The summed E-state index contributed by atoms with van der Waals surface area (Å²) in [5.74, 6) is 0.0913. The first-order chi connectivity index (χ1) is 13.0. The second-order valence-electron chi connectivity index (χ2n) is 8.01. The molecule has 3 amide bonds. The normalized spacial score (nSPS) is 19.0. The van der Waals surface area contributed by atoms with Crippen LogP contribution in [-0.2, 0) is 16.0 Å². The molecule has 148 valence electrons. The van der Waals surface area contributed by atoms with Crippen LogP contribution in [0, 0.1) is 5.41 Å². The first kappa shape index (κ1) is 19.7. The van der Waals surface area contributed by atoms with Gasteiger partial charge >= 0.3 is 6.03 Å². The van der Waals surface area contributed by atoms with E-state index in [-0.39, 0.29) is 17.4 Å². The maximum Gasteiger partial charge on any atom is 0.321 e. The van der Waals surface area contributed by atoms with Gasteiger partial charge in [0.15, 0.2) is 0 Å². The van der Waals surface area contributed by atoms with Gasteiger partial charge in [-0.1, -0.05) is 18.2 Å². The number of rotatable bonds is 4. The molecule has 2 aliphatic rings. The van der Waals surface area contributed by atoms with Crippen molar-refractivity contribution in [2.45, 2.75) is 38.5 Å². The Morgan fingerprint density at radius 3 is 2.67 bits per heavy atom. The number of nitrogens with zero attached hydrogens (tertiary/aromatic N) is 2. The molecule has 6 heteroatoms. The SMILES string of the molecule is CN(C)C(=O)CCc1ccccc1NC(=O)N1CCCC2(CCOCC2)C1. The number of para-hydroxylation sites is 1. The van der Waals surface area contributed by atoms with E-state index in [1.54, 1.807) is 19.0 Å². The summed E-state index contributed by atoms with van der Waals surface area (Å²) in [7, 11) is 3.52. The predicted octanol–water partition coefficient (Wildman–Crippen LogP) is 3.13. The second-order valence-corrected chi connectivity index (χ2v) is 8.01. The van der Waals surface area contributed by atoms with Crippen molar-refractivity contribution in [1.29, 1.82) is 0 Å². The summed E-state index contributed by atoms with van der Waals surface area (Å²) in [6, 6.07) is 7.73. The largest absolute Gasteiger partial charge is 0.381 e. The van der Waals surface area contributed by atoms with E-state index in [2.05, 4.69) is 5.32 Å². The van der Waals surface area contributed by atoms with Gasteiger partial charge in [0.05, 0.1) is 0 Å². The molecule has 0 saturated carbocycles. The zero-order valence-corrected chi connectivity index (χ0v) is 16.5. The maximum atomic E-state index is 12.9. The van der Waals surface area contributed by atoms with Gasteiger partial charge in [-0.3, -0.25) is 4.79 Å². The molecule has 0 radical (unpaired) electrons. The highest BCUT2D eigenvalue weighted by molar-refractivity contribution is 5.90. The van der Waals surface area contributed by atoms with E-state index < -0.39 is 0 Å². The fourth-order valence-electron chi connectivity index (χ4n) is 4.11. The van der Waals surface area contributed by atoms with Gasteiger partial charge in [-0.05, 0) is 49.1 Å². The molecule has 0 atom stereocenters. The molecule has 1 aromatic rings. The number of piperidine rings is 1. The van der Waals surface area contributed by atoms with Crippen LogP contribution in [0.1, 0.15) is 37.7 Å². The minimum Gasteiger partial charge on any atom is -0.381 e. The zero-order chi connectivity index (χ0) is 19.3. The summed E-state index contributed by atoms with van der Waals surface area (Å²) in [6.07, 6.45) is 5.37. The van der Waals surface area contributed by atoms with Crippen molar-refractivity contribution in [2.75, 3.05) is 45.7 Å². The molecule has 1 spiro atoms.